The van der Waals surface area contributed by atoms with Crippen molar-refractivity contribution in [2.24, 2.45) is 10.8 Å². The molecule has 2 aliphatic rings. The lowest BCUT2D eigenvalue weighted by atomic mass is 9.66. The number of fused-ring (bicyclic) bond motifs is 2. The van der Waals surface area contributed by atoms with Crippen LogP contribution in [-0.4, -0.2) is 17.5 Å². The van der Waals surface area contributed by atoms with Crippen molar-refractivity contribution in [3.8, 4) is 0 Å². The maximum absolute atomic E-state index is 13.1. The molecule has 1 aliphatic carbocycles. The fourth-order valence-electron chi connectivity index (χ4n) is 3.56. The summed E-state index contributed by atoms with van der Waals surface area (Å²) in [5.74, 6) is -1.08. The average molecular weight is 370 g/mol. The first-order chi connectivity index (χ1) is 10.1. The number of hydrogen-bond donors (Lipinski definition) is 1. The molecule has 1 aliphatic heterocycles. The third-order valence-corrected chi connectivity index (χ3v) is 6.29. The van der Waals surface area contributed by atoms with E-state index in [1.54, 1.807) is 0 Å². The topological polar surface area (TPSA) is 55.4 Å². The Morgan fingerprint density at radius 1 is 1.32 bits per heavy atom. The first-order valence-corrected chi connectivity index (χ1v) is 7.93. The van der Waals surface area contributed by atoms with E-state index in [1.165, 1.54) is 18.2 Å². The predicted octanol–water partition coefficient (Wildman–Crippen LogP) is 3.65. The van der Waals surface area contributed by atoms with Gasteiger partial charge in [-0.25, -0.2) is 4.39 Å². The van der Waals surface area contributed by atoms with E-state index in [1.807, 2.05) is 20.8 Å². The lowest BCUT2D eigenvalue weighted by Crippen LogP contribution is -2.50. The summed E-state index contributed by atoms with van der Waals surface area (Å²) >= 11 is 3.22. The highest BCUT2D eigenvalue weighted by atomic mass is 79.9. The summed E-state index contributed by atoms with van der Waals surface area (Å²) in [6.07, 6.45) is 1.11. The van der Waals surface area contributed by atoms with Crippen LogP contribution in [0.25, 0.3) is 0 Å². The normalized spacial score (nSPS) is 32.0. The van der Waals surface area contributed by atoms with Gasteiger partial charge in [0.05, 0.1) is 11.1 Å². The van der Waals surface area contributed by atoms with E-state index < -0.39 is 22.2 Å². The molecule has 1 saturated carbocycles. The number of carbonyl (C=O) groups is 2. The number of ether oxygens (including phenoxy) is 1. The molecule has 0 spiro atoms. The van der Waals surface area contributed by atoms with Crippen molar-refractivity contribution in [1.82, 2.24) is 0 Å². The number of anilines is 1. The van der Waals surface area contributed by atoms with Gasteiger partial charge in [-0.15, -0.1) is 0 Å². The van der Waals surface area contributed by atoms with E-state index in [0.29, 0.717) is 23.0 Å². The number of halogens is 2. The van der Waals surface area contributed by atoms with Gasteiger partial charge in [0.1, 0.15) is 5.82 Å². The van der Waals surface area contributed by atoms with Gasteiger partial charge in [0.15, 0.2) is 5.60 Å². The Hall–Kier alpha value is -1.43. The van der Waals surface area contributed by atoms with Crippen LogP contribution >= 0.6 is 15.9 Å². The van der Waals surface area contributed by atoms with Gasteiger partial charge in [-0.3, -0.25) is 9.59 Å². The number of esters is 1. The first-order valence-electron chi connectivity index (χ1n) is 7.14. The molecule has 1 heterocycles. The Bertz CT molecular complexity index is 690. The van der Waals surface area contributed by atoms with Gasteiger partial charge in [0, 0.05) is 9.89 Å². The number of amides is 1. The number of rotatable bonds is 2. The Kier molecular flexibility index (Phi) is 3.19. The van der Waals surface area contributed by atoms with E-state index in [2.05, 4.69) is 21.2 Å². The van der Waals surface area contributed by atoms with Crippen LogP contribution in [0, 0.1) is 16.6 Å². The number of hydrogen-bond acceptors (Lipinski definition) is 3. The average Bonchev–Trinajstić information content (AvgIpc) is 2.72. The smallest absolute Gasteiger partial charge is 0.313 e. The number of benzene rings is 1. The van der Waals surface area contributed by atoms with Crippen molar-refractivity contribution in [3.63, 3.8) is 0 Å². The van der Waals surface area contributed by atoms with Gasteiger partial charge in [-0.1, -0.05) is 13.8 Å². The third kappa shape index (κ3) is 1.73. The molecule has 0 aromatic heterocycles. The summed E-state index contributed by atoms with van der Waals surface area (Å²) in [5.41, 5.74) is -1.97. The molecule has 1 aromatic carbocycles. The molecule has 1 N–H and O–H groups in total. The zero-order chi connectivity index (χ0) is 16.3. The monoisotopic (exact) mass is 369 g/mol. The summed E-state index contributed by atoms with van der Waals surface area (Å²) < 4.78 is 19.1. The molecule has 1 aromatic rings. The second-order valence-electron chi connectivity index (χ2n) is 6.75. The van der Waals surface area contributed by atoms with Crippen LogP contribution in [0.4, 0.5) is 10.1 Å². The second kappa shape index (κ2) is 4.54. The standard InChI is InChI=1S/C16H17BrFNO3/c1-14(2)15(3)6-7-16(14,22-13(15)21)12(20)19-11-5-4-9(18)8-10(11)17/h4-5,8H,6-7H2,1-3H3,(H,19,20)/t15-,16+/m0/s1. The SMILES string of the molecule is CC1(C)[C@@]2(C)CC[C@]1(C(=O)Nc1ccc(F)cc1Br)OC2=O. The third-order valence-electron chi connectivity index (χ3n) is 5.63. The van der Waals surface area contributed by atoms with Crippen molar-refractivity contribution >= 4 is 33.5 Å². The molecule has 2 bridgehead atoms. The fourth-order valence-corrected chi connectivity index (χ4v) is 4.01. The van der Waals surface area contributed by atoms with E-state index in [4.69, 9.17) is 4.74 Å². The molecule has 3 rings (SSSR count). The van der Waals surface area contributed by atoms with Crippen molar-refractivity contribution in [2.45, 2.75) is 39.2 Å². The Labute approximate surface area is 136 Å². The van der Waals surface area contributed by atoms with Crippen LogP contribution in [-0.2, 0) is 14.3 Å². The quantitative estimate of drug-likeness (QED) is 0.809. The van der Waals surface area contributed by atoms with Crippen LogP contribution < -0.4 is 5.32 Å². The van der Waals surface area contributed by atoms with Crippen LogP contribution in [0.1, 0.15) is 33.6 Å². The highest BCUT2D eigenvalue weighted by Gasteiger charge is 2.75. The Balaban J connectivity index is 1.94. The Morgan fingerprint density at radius 3 is 2.50 bits per heavy atom. The van der Waals surface area contributed by atoms with Crippen molar-refractivity contribution in [2.75, 3.05) is 5.32 Å². The predicted molar refractivity (Wildman–Crippen MR) is 82.7 cm³/mol. The molecule has 22 heavy (non-hydrogen) atoms. The van der Waals surface area contributed by atoms with Crippen LogP contribution in [0.5, 0.6) is 0 Å². The summed E-state index contributed by atoms with van der Waals surface area (Å²) in [5, 5.41) is 2.76. The van der Waals surface area contributed by atoms with Crippen LogP contribution in [0.2, 0.25) is 0 Å². The van der Waals surface area contributed by atoms with Crippen LogP contribution in [0.15, 0.2) is 22.7 Å². The molecular weight excluding hydrogens is 353 g/mol. The minimum Gasteiger partial charge on any atom is -0.448 e. The zero-order valence-electron chi connectivity index (χ0n) is 12.6. The van der Waals surface area contributed by atoms with Gasteiger partial charge in [0.25, 0.3) is 5.91 Å². The van der Waals surface area contributed by atoms with Gasteiger partial charge >= 0.3 is 5.97 Å². The zero-order valence-corrected chi connectivity index (χ0v) is 14.2. The van der Waals surface area contributed by atoms with Gasteiger partial charge in [-0.05, 0) is 53.9 Å². The van der Waals surface area contributed by atoms with Gasteiger partial charge < -0.3 is 10.1 Å². The lowest BCUT2D eigenvalue weighted by molar-refractivity contribution is -0.165. The van der Waals surface area contributed by atoms with E-state index in [-0.39, 0.29) is 11.9 Å². The second-order valence-corrected chi connectivity index (χ2v) is 7.61. The minimum atomic E-state index is -1.17. The van der Waals surface area contributed by atoms with Gasteiger partial charge in [-0.2, -0.15) is 0 Å². The first kappa shape index (κ1) is 15.5. The van der Waals surface area contributed by atoms with E-state index >= 15 is 0 Å². The molecule has 0 unspecified atom stereocenters. The largest absolute Gasteiger partial charge is 0.448 e. The van der Waals surface area contributed by atoms with Crippen molar-refractivity contribution < 1.29 is 18.7 Å². The molecule has 4 nitrogen and oxygen atoms in total. The van der Waals surface area contributed by atoms with E-state index in [0.717, 1.165) is 0 Å². The number of nitrogens with one attached hydrogen (secondary N) is 1. The van der Waals surface area contributed by atoms with Crippen LogP contribution in [0.3, 0.4) is 0 Å². The highest BCUT2D eigenvalue weighted by Crippen LogP contribution is 2.65. The molecular formula is C16H17BrFNO3. The maximum atomic E-state index is 13.1. The molecule has 2 fully saturated rings. The van der Waals surface area contributed by atoms with Crippen molar-refractivity contribution in [1.29, 1.82) is 0 Å². The summed E-state index contributed by atoms with van der Waals surface area (Å²) in [4.78, 5) is 25.0. The van der Waals surface area contributed by atoms with Gasteiger partial charge in [0.2, 0.25) is 0 Å². The van der Waals surface area contributed by atoms with Crippen molar-refractivity contribution in [3.05, 3.63) is 28.5 Å². The molecule has 6 heteroatoms. The number of carbonyl (C=O) groups excluding carboxylic acids is 2. The molecule has 2 atom stereocenters. The minimum absolute atomic E-state index is 0.322. The highest BCUT2D eigenvalue weighted by molar-refractivity contribution is 9.10. The summed E-state index contributed by atoms with van der Waals surface area (Å²) in [6.45, 7) is 5.64. The lowest BCUT2D eigenvalue weighted by Gasteiger charge is -2.35. The Morgan fingerprint density at radius 2 is 2.00 bits per heavy atom. The van der Waals surface area contributed by atoms with E-state index in [9.17, 15) is 14.0 Å². The fraction of sp³-hybridized carbons (Fsp3) is 0.500. The molecule has 118 valence electrons. The molecule has 0 radical (unpaired) electrons. The molecule has 1 amide bonds. The summed E-state index contributed by atoms with van der Waals surface area (Å²) in [7, 11) is 0. The maximum Gasteiger partial charge on any atom is 0.313 e. The molecule has 1 saturated heterocycles. The summed E-state index contributed by atoms with van der Waals surface area (Å²) in [6, 6.07) is 4.02.